The summed E-state index contributed by atoms with van der Waals surface area (Å²) in [6.45, 7) is 2.70. The van der Waals surface area contributed by atoms with Crippen molar-refractivity contribution in [1.29, 1.82) is 0 Å². The lowest BCUT2D eigenvalue weighted by Crippen LogP contribution is -2.21. The molecule has 2 aromatic carbocycles. The van der Waals surface area contributed by atoms with Crippen molar-refractivity contribution in [2.24, 2.45) is 21.7 Å². The van der Waals surface area contributed by atoms with Crippen LogP contribution >= 0.6 is 27.5 Å². The number of benzene rings is 2. The van der Waals surface area contributed by atoms with E-state index in [-0.39, 0.29) is 5.96 Å². The molecule has 0 aliphatic rings. The summed E-state index contributed by atoms with van der Waals surface area (Å²) in [6.07, 6.45) is 1.52. The van der Waals surface area contributed by atoms with Crippen molar-refractivity contribution in [2.45, 2.75) is 13.5 Å². The van der Waals surface area contributed by atoms with E-state index in [1.54, 1.807) is 6.07 Å². The lowest BCUT2D eigenvalue weighted by molar-refractivity contribution is 0.267. The Morgan fingerprint density at radius 1 is 1.24 bits per heavy atom. The molecule has 0 amide bonds. The summed E-state index contributed by atoms with van der Waals surface area (Å²) in [7, 11) is 0. The number of nitrogens with zero attached hydrogens (tertiary/aromatic N) is 2. The molecule has 0 unspecified atom stereocenters. The number of halogens is 2. The molecule has 0 fully saturated rings. The predicted octanol–water partition coefficient (Wildman–Crippen LogP) is 3.69. The first-order valence-corrected chi connectivity index (χ1v) is 8.63. The van der Waals surface area contributed by atoms with Gasteiger partial charge in [-0.2, -0.15) is 5.10 Å². The van der Waals surface area contributed by atoms with Crippen molar-refractivity contribution in [1.82, 2.24) is 0 Å². The van der Waals surface area contributed by atoms with Crippen LogP contribution in [0.4, 0.5) is 0 Å². The standard InChI is InChI=1S/C17H18BrClN4O2/c1-2-24-15-8-11(9-22-23-17(20)21)7-13(18)16(15)25-10-12-5-3-4-6-14(12)19/h3-9H,2,10H2,1H3,(H4,20,21,23). The van der Waals surface area contributed by atoms with E-state index >= 15 is 0 Å². The van der Waals surface area contributed by atoms with Crippen molar-refractivity contribution in [3.63, 3.8) is 0 Å². The number of hydrogen-bond acceptors (Lipinski definition) is 4. The van der Waals surface area contributed by atoms with Gasteiger partial charge in [0.15, 0.2) is 11.5 Å². The second-order valence-corrected chi connectivity index (χ2v) is 6.17. The fourth-order valence-electron chi connectivity index (χ4n) is 1.99. The number of ether oxygens (including phenoxy) is 2. The van der Waals surface area contributed by atoms with Gasteiger partial charge in [-0.15, -0.1) is 5.10 Å². The Bertz CT molecular complexity index is 792. The van der Waals surface area contributed by atoms with E-state index in [9.17, 15) is 0 Å². The normalized spacial score (nSPS) is 10.7. The molecule has 4 N–H and O–H groups in total. The van der Waals surface area contributed by atoms with Crippen LogP contribution in [-0.2, 0) is 6.61 Å². The van der Waals surface area contributed by atoms with Gasteiger partial charge in [-0.25, -0.2) is 0 Å². The third-order valence-corrected chi connectivity index (χ3v) is 4.00. The molecule has 2 aromatic rings. The van der Waals surface area contributed by atoms with Gasteiger partial charge in [-0.1, -0.05) is 29.8 Å². The minimum atomic E-state index is -0.111. The highest BCUT2D eigenvalue weighted by molar-refractivity contribution is 9.10. The molecule has 0 aromatic heterocycles. The predicted molar refractivity (Wildman–Crippen MR) is 104 cm³/mol. The largest absolute Gasteiger partial charge is 0.490 e. The van der Waals surface area contributed by atoms with Crippen molar-refractivity contribution in [3.05, 3.63) is 57.0 Å². The van der Waals surface area contributed by atoms with Crippen LogP contribution in [0, 0.1) is 0 Å². The molecule has 0 heterocycles. The molecule has 8 heteroatoms. The van der Waals surface area contributed by atoms with Crippen LogP contribution in [0.25, 0.3) is 0 Å². The lowest BCUT2D eigenvalue weighted by atomic mass is 10.2. The average molecular weight is 426 g/mol. The fraction of sp³-hybridized carbons (Fsp3) is 0.176. The molecule has 0 aliphatic carbocycles. The van der Waals surface area contributed by atoms with Gasteiger partial charge in [-0.3, -0.25) is 0 Å². The second-order valence-electron chi connectivity index (χ2n) is 4.91. The van der Waals surface area contributed by atoms with Gasteiger partial charge in [0.1, 0.15) is 6.61 Å². The van der Waals surface area contributed by atoms with E-state index in [1.165, 1.54) is 6.21 Å². The molecule has 0 radical (unpaired) electrons. The van der Waals surface area contributed by atoms with E-state index in [4.69, 9.17) is 32.5 Å². The van der Waals surface area contributed by atoms with Gasteiger partial charge in [0.2, 0.25) is 5.96 Å². The second kappa shape index (κ2) is 9.29. The van der Waals surface area contributed by atoms with Crippen molar-refractivity contribution in [3.8, 4) is 11.5 Å². The molecule has 0 saturated heterocycles. The molecule has 0 bridgehead atoms. The van der Waals surface area contributed by atoms with Gasteiger partial charge >= 0.3 is 0 Å². The monoisotopic (exact) mass is 424 g/mol. The Kier molecular flexibility index (Phi) is 7.09. The van der Waals surface area contributed by atoms with Crippen LogP contribution in [0.3, 0.4) is 0 Å². The number of guanidine groups is 1. The first-order valence-electron chi connectivity index (χ1n) is 7.45. The van der Waals surface area contributed by atoms with Gasteiger partial charge in [0.25, 0.3) is 0 Å². The zero-order valence-corrected chi connectivity index (χ0v) is 15.9. The van der Waals surface area contributed by atoms with E-state index in [2.05, 4.69) is 26.1 Å². The number of rotatable bonds is 7. The van der Waals surface area contributed by atoms with E-state index < -0.39 is 0 Å². The van der Waals surface area contributed by atoms with Crippen molar-refractivity contribution < 1.29 is 9.47 Å². The molecule has 132 valence electrons. The molecule has 25 heavy (non-hydrogen) atoms. The first-order chi connectivity index (χ1) is 12.0. The van der Waals surface area contributed by atoms with E-state index in [0.717, 1.165) is 15.6 Å². The summed E-state index contributed by atoms with van der Waals surface area (Å²) in [4.78, 5) is 0. The quantitative estimate of drug-likeness (QED) is 0.402. The minimum Gasteiger partial charge on any atom is -0.490 e. The number of hydrogen-bond donors (Lipinski definition) is 2. The molecule has 2 rings (SSSR count). The van der Waals surface area contributed by atoms with E-state index in [0.29, 0.717) is 29.7 Å². The highest BCUT2D eigenvalue weighted by Crippen LogP contribution is 2.37. The summed E-state index contributed by atoms with van der Waals surface area (Å²) in [5.41, 5.74) is 12.1. The summed E-state index contributed by atoms with van der Waals surface area (Å²) < 4.78 is 12.3. The van der Waals surface area contributed by atoms with Crippen molar-refractivity contribution >= 4 is 39.7 Å². The third-order valence-electron chi connectivity index (χ3n) is 3.04. The summed E-state index contributed by atoms with van der Waals surface area (Å²) in [6, 6.07) is 11.1. The Balaban J connectivity index is 2.26. The maximum atomic E-state index is 6.17. The maximum absolute atomic E-state index is 6.17. The lowest BCUT2D eigenvalue weighted by Gasteiger charge is -2.15. The Labute approximate surface area is 159 Å². The van der Waals surface area contributed by atoms with Crippen molar-refractivity contribution in [2.75, 3.05) is 6.61 Å². The molecular weight excluding hydrogens is 408 g/mol. The molecular formula is C17H18BrClN4O2. The SMILES string of the molecule is CCOc1cc(C=NN=C(N)N)cc(Br)c1OCc1ccccc1Cl. The van der Waals surface area contributed by atoms with Crippen LogP contribution in [0.5, 0.6) is 11.5 Å². The van der Waals surface area contributed by atoms with E-state index in [1.807, 2.05) is 37.3 Å². The van der Waals surface area contributed by atoms with Crippen LogP contribution in [-0.4, -0.2) is 18.8 Å². The van der Waals surface area contributed by atoms with Gasteiger partial charge in [0, 0.05) is 10.6 Å². The minimum absolute atomic E-state index is 0.111. The third kappa shape index (κ3) is 5.65. The Morgan fingerprint density at radius 2 is 2.00 bits per heavy atom. The highest BCUT2D eigenvalue weighted by Gasteiger charge is 2.13. The number of nitrogens with two attached hydrogens (primary N) is 2. The Morgan fingerprint density at radius 3 is 2.68 bits per heavy atom. The van der Waals surface area contributed by atoms with Crippen LogP contribution in [0.1, 0.15) is 18.1 Å². The maximum Gasteiger partial charge on any atom is 0.211 e. The molecule has 0 spiro atoms. The zero-order chi connectivity index (χ0) is 18.2. The van der Waals surface area contributed by atoms with Gasteiger partial charge in [0.05, 0.1) is 17.3 Å². The fourth-order valence-corrected chi connectivity index (χ4v) is 2.76. The zero-order valence-electron chi connectivity index (χ0n) is 13.6. The first kappa shape index (κ1) is 19.1. The summed E-state index contributed by atoms with van der Waals surface area (Å²) >= 11 is 9.66. The molecule has 6 nitrogen and oxygen atoms in total. The van der Waals surface area contributed by atoms with Crippen LogP contribution in [0.15, 0.2) is 51.1 Å². The topological polar surface area (TPSA) is 95.2 Å². The summed E-state index contributed by atoms with van der Waals surface area (Å²) in [5.74, 6) is 1.05. The molecule has 0 atom stereocenters. The highest BCUT2D eigenvalue weighted by atomic mass is 79.9. The van der Waals surface area contributed by atoms with Gasteiger partial charge < -0.3 is 20.9 Å². The van der Waals surface area contributed by atoms with Crippen LogP contribution < -0.4 is 20.9 Å². The summed E-state index contributed by atoms with van der Waals surface area (Å²) in [5, 5.41) is 8.02. The average Bonchev–Trinajstić information content (AvgIpc) is 2.55. The molecule has 0 aliphatic heterocycles. The Hall–Kier alpha value is -2.25. The smallest absolute Gasteiger partial charge is 0.211 e. The molecule has 0 saturated carbocycles. The van der Waals surface area contributed by atoms with Gasteiger partial charge in [-0.05, 0) is 46.6 Å². The van der Waals surface area contributed by atoms with Crippen LogP contribution in [0.2, 0.25) is 5.02 Å².